The second kappa shape index (κ2) is 6.17. The van der Waals surface area contributed by atoms with E-state index in [1.54, 1.807) is 18.9 Å². The van der Waals surface area contributed by atoms with E-state index in [4.69, 9.17) is 0 Å². The van der Waals surface area contributed by atoms with E-state index in [0.29, 0.717) is 6.54 Å². The Morgan fingerprint density at radius 2 is 2.15 bits per heavy atom. The Kier molecular flexibility index (Phi) is 4.54. The van der Waals surface area contributed by atoms with Gasteiger partial charge in [-0.1, -0.05) is 0 Å². The average Bonchev–Trinajstić information content (AvgIpc) is 2.92. The number of nitrogens with zero attached hydrogens (tertiary/aromatic N) is 4. The fourth-order valence-electron chi connectivity index (χ4n) is 2.23. The maximum Gasteiger partial charge on any atom is 0.219 e. The summed E-state index contributed by atoms with van der Waals surface area (Å²) >= 11 is 0. The van der Waals surface area contributed by atoms with Gasteiger partial charge in [0, 0.05) is 34.1 Å². The molecule has 1 aromatic rings. The molecule has 2 rings (SSSR count). The van der Waals surface area contributed by atoms with Crippen LogP contribution >= 0.6 is 0 Å². The van der Waals surface area contributed by atoms with Crippen LogP contribution in [0.4, 0.5) is 5.82 Å². The molecule has 1 N–H and O–H groups in total. The Morgan fingerprint density at radius 3 is 2.70 bits per heavy atom. The van der Waals surface area contributed by atoms with Gasteiger partial charge in [-0.15, -0.1) is 0 Å². The van der Waals surface area contributed by atoms with Crippen molar-refractivity contribution < 1.29 is 4.79 Å². The van der Waals surface area contributed by atoms with Gasteiger partial charge in [0.2, 0.25) is 5.91 Å². The third kappa shape index (κ3) is 3.45. The van der Waals surface area contributed by atoms with Gasteiger partial charge in [-0.05, 0) is 19.4 Å². The number of carbonyl (C=O) groups excluding carboxylic acids is 1. The highest BCUT2D eigenvalue weighted by Crippen LogP contribution is 2.22. The molecule has 0 radical (unpaired) electrons. The average molecular weight is 277 g/mol. The fraction of sp³-hybridized carbons (Fsp3) is 0.643. The first-order valence-corrected chi connectivity index (χ1v) is 6.97. The molecular formula is C14H23N5O. The highest BCUT2D eigenvalue weighted by molar-refractivity contribution is 5.72. The lowest BCUT2D eigenvalue weighted by Crippen LogP contribution is -2.25. The second-order valence-corrected chi connectivity index (χ2v) is 5.49. The molecule has 1 aliphatic heterocycles. The van der Waals surface area contributed by atoms with Gasteiger partial charge >= 0.3 is 0 Å². The molecule has 1 atom stereocenters. The second-order valence-electron chi connectivity index (χ2n) is 5.49. The molecule has 0 aliphatic carbocycles. The first-order chi connectivity index (χ1) is 9.47. The van der Waals surface area contributed by atoms with Crippen LogP contribution in [0.15, 0.2) is 6.07 Å². The molecule has 0 spiro atoms. The van der Waals surface area contributed by atoms with Crippen molar-refractivity contribution in [1.82, 2.24) is 20.2 Å². The van der Waals surface area contributed by atoms with Crippen molar-refractivity contribution in [3.63, 3.8) is 0 Å². The number of amides is 1. The van der Waals surface area contributed by atoms with E-state index >= 15 is 0 Å². The van der Waals surface area contributed by atoms with Crippen LogP contribution in [0.25, 0.3) is 0 Å². The highest BCUT2D eigenvalue weighted by Gasteiger charge is 2.21. The zero-order valence-corrected chi connectivity index (χ0v) is 12.7. The molecule has 1 aromatic heterocycles. The van der Waals surface area contributed by atoms with Crippen LogP contribution in [0.3, 0.4) is 0 Å². The van der Waals surface area contributed by atoms with Crippen LogP contribution in [0.1, 0.15) is 37.3 Å². The summed E-state index contributed by atoms with van der Waals surface area (Å²) < 4.78 is 0. The van der Waals surface area contributed by atoms with Crippen molar-refractivity contribution in [2.75, 3.05) is 32.6 Å². The van der Waals surface area contributed by atoms with Gasteiger partial charge in [-0.2, -0.15) is 0 Å². The van der Waals surface area contributed by atoms with Crippen molar-refractivity contribution in [2.45, 2.75) is 32.4 Å². The molecular weight excluding hydrogens is 254 g/mol. The van der Waals surface area contributed by atoms with Crippen molar-refractivity contribution in [3.8, 4) is 0 Å². The van der Waals surface area contributed by atoms with Crippen LogP contribution in [0, 0.1) is 0 Å². The van der Waals surface area contributed by atoms with Crippen molar-refractivity contribution >= 4 is 11.7 Å². The van der Waals surface area contributed by atoms with Crippen LogP contribution in [0.5, 0.6) is 0 Å². The number of hydrogen-bond donors (Lipinski definition) is 1. The van der Waals surface area contributed by atoms with Crippen LogP contribution in [-0.4, -0.2) is 48.5 Å². The Morgan fingerprint density at radius 1 is 1.40 bits per heavy atom. The summed E-state index contributed by atoms with van der Waals surface area (Å²) in [4.78, 5) is 24.2. The van der Waals surface area contributed by atoms with Crippen molar-refractivity contribution in [3.05, 3.63) is 17.6 Å². The Balaban J connectivity index is 2.28. The maximum absolute atomic E-state index is 11.4. The minimum absolute atomic E-state index is 0.0376. The highest BCUT2D eigenvalue weighted by atomic mass is 16.2. The van der Waals surface area contributed by atoms with Crippen LogP contribution in [-0.2, 0) is 11.3 Å². The summed E-state index contributed by atoms with van der Waals surface area (Å²) in [6, 6.07) is 2.18. The van der Waals surface area contributed by atoms with Crippen molar-refractivity contribution in [2.24, 2.45) is 0 Å². The minimum atomic E-state index is 0.0376. The Hall–Kier alpha value is -1.69. The zero-order valence-electron chi connectivity index (χ0n) is 12.7. The van der Waals surface area contributed by atoms with Gasteiger partial charge in [0.1, 0.15) is 11.6 Å². The first-order valence-electron chi connectivity index (χ1n) is 6.97. The number of aromatic nitrogens is 2. The summed E-state index contributed by atoms with van der Waals surface area (Å²) in [6.07, 6.45) is 2.22. The summed E-state index contributed by atoms with van der Waals surface area (Å²) in [5, 5.41) is 3.42. The molecule has 1 aliphatic rings. The predicted molar refractivity (Wildman–Crippen MR) is 78.5 cm³/mol. The Bertz CT molecular complexity index is 482. The van der Waals surface area contributed by atoms with Gasteiger partial charge in [-0.25, -0.2) is 9.97 Å². The first kappa shape index (κ1) is 14.7. The molecule has 0 saturated carbocycles. The standard InChI is InChI=1S/C14H23N5O/c1-10(20)19(4)9-11-8-13(18(2)3)17-14(16-11)12-6-5-7-15-12/h8,12,15H,5-7,9H2,1-4H3. The Labute approximate surface area is 120 Å². The molecule has 1 saturated heterocycles. The third-order valence-corrected chi connectivity index (χ3v) is 3.55. The van der Waals surface area contributed by atoms with Crippen LogP contribution in [0.2, 0.25) is 0 Å². The zero-order chi connectivity index (χ0) is 14.7. The largest absolute Gasteiger partial charge is 0.363 e. The van der Waals surface area contributed by atoms with E-state index in [1.807, 2.05) is 25.1 Å². The summed E-state index contributed by atoms with van der Waals surface area (Å²) in [6.45, 7) is 3.09. The lowest BCUT2D eigenvalue weighted by Gasteiger charge is -2.19. The van der Waals surface area contributed by atoms with E-state index in [-0.39, 0.29) is 11.9 Å². The lowest BCUT2D eigenvalue weighted by molar-refractivity contribution is -0.128. The van der Waals surface area contributed by atoms with E-state index in [1.165, 1.54) is 0 Å². The van der Waals surface area contributed by atoms with Gasteiger partial charge in [-0.3, -0.25) is 4.79 Å². The number of hydrogen-bond acceptors (Lipinski definition) is 5. The molecule has 6 heteroatoms. The van der Waals surface area contributed by atoms with Gasteiger partial charge in [0.25, 0.3) is 0 Å². The van der Waals surface area contributed by atoms with Gasteiger partial charge in [0.15, 0.2) is 0 Å². The molecule has 2 heterocycles. The predicted octanol–water partition coefficient (Wildman–Crippen LogP) is 0.945. The monoisotopic (exact) mass is 277 g/mol. The summed E-state index contributed by atoms with van der Waals surface area (Å²) in [7, 11) is 5.71. The number of carbonyl (C=O) groups is 1. The molecule has 1 amide bonds. The lowest BCUT2D eigenvalue weighted by atomic mass is 10.2. The summed E-state index contributed by atoms with van der Waals surface area (Å²) in [5.41, 5.74) is 0.880. The maximum atomic E-state index is 11.4. The molecule has 0 bridgehead atoms. The molecule has 0 aromatic carbocycles. The molecule has 6 nitrogen and oxygen atoms in total. The van der Waals surface area contributed by atoms with Crippen molar-refractivity contribution in [1.29, 1.82) is 0 Å². The topological polar surface area (TPSA) is 61.4 Å². The molecule has 1 fully saturated rings. The smallest absolute Gasteiger partial charge is 0.219 e. The minimum Gasteiger partial charge on any atom is -0.363 e. The SMILES string of the molecule is CC(=O)N(C)Cc1cc(N(C)C)nc(C2CCCN2)n1. The molecule has 110 valence electrons. The van der Waals surface area contributed by atoms with Gasteiger partial charge < -0.3 is 15.1 Å². The third-order valence-electron chi connectivity index (χ3n) is 3.55. The van der Waals surface area contributed by atoms with Crippen LogP contribution < -0.4 is 10.2 Å². The van der Waals surface area contributed by atoms with Gasteiger partial charge in [0.05, 0.1) is 18.3 Å². The van der Waals surface area contributed by atoms with E-state index in [0.717, 1.165) is 36.7 Å². The molecule has 20 heavy (non-hydrogen) atoms. The quantitative estimate of drug-likeness (QED) is 0.887. The number of anilines is 1. The fourth-order valence-corrected chi connectivity index (χ4v) is 2.23. The summed E-state index contributed by atoms with van der Waals surface area (Å²) in [5.74, 6) is 1.76. The van der Waals surface area contributed by atoms with E-state index in [9.17, 15) is 4.79 Å². The van der Waals surface area contributed by atoms with E-state index in [2.05, 4.69) is 15.3 Å². The number of rotatable bonds is 4. The normalized spacial score (nSPS) is 18.1. The van der Waals surface area contributed by atoms with E-state index < -0.39 is 0 Å². The molecule has 1 unspecified atom stereocenters. The number of nitrogens with one attached hydrogen (secondary N) is 1.